The molecule has 0 bridgehead atoms. The third kappa shape index (κ3) is 2.17. The molecule has 0 aromatic carbocycles. The van der Waals surface area contributed by atoms with E-state index in [2.05, 4.69) is 28.6 Å². The van der Waals surface area contributed by atoms with E-state index < -0.39 is 0 Å². The van der Waals surface area contributed by atoms with Crippen LogP contribution in [0.5, 0.6) is 0 Å². The Morgan fingerprint density at radius 1 is 1.77 bits per heavy atom. The van der Waals surface area contributed by atoms with Gasteiger partial charge < -0.3 is 5.73 Å². The first-order valence-corrected chi connectivity index (χ1v) is 5.43. The zero-order valence-electron chi connectivity index (χ0n) is 7.38. The quantitative estimate of drug-likeness (QED) is 0.561. The number of hydrogen-bond donors (Lipinski definition) is 2. The van der Waals surface area contributed by atoms with Crippen LogP contribution < -0.4 is 5.73 Å². The molecule has 2 N–H and O–H groups in total. The van der Waals surface area contributed by atoms with Crippen molar-refractivity contribution in [3.05, 3.63) is 22.3 Å². The largest absolute Gasteiger partial charge is 0.404 e. The standard InChI is InChI=1S/C9H12BrNOS/c1-5(4-11)8-6(10)2-3-7(12)9(8)13/h4,6,13H,2-3,11H2,1H3/b5-4+. The topological polar surface area (TPSA) is 43.1 Å². The van der Waals surface area contributed by atoms with E-state index >= 15 is 0 Å². The molecule has 1 aliphatic rings. The van der Waals surface area contributed by atoms with Gasteiger partial charge in [0.1, 0.15) is 0 Å². The number of ketones is 1. The predicted octanol–water partition coefficient (Wildman–Crippen LogP) is 2.16. The molecule has 1 aliphatic carbocycles. The van der Waals surface area contributed by atoms with E-state index in [4.69, 9.17) is 5.73 Å². The lowest BCUT2D eigenvalue weighted by atomic mass is 9.93. The van der Waals surface area contributed by atoms with Gasteiger partial charge in [-0.1, -0.05) is 15.9 Å². The summed E-state index contributed by atoms with van der Waals surface area (Å²) in [5, 5.41) is 0. The number of carbonyl (C=O) groups is 1. The van der Waals surface area contributed by atoms with Gasteiger partial charge in [0.15, 0.2) is 5.78 Å². The number of hydrogen-bond acceptors (Lipinski definition) is 3. The van der Waals surface area contributed by atoms with Crippen LogP contribution in [0.15, 0.2) is 22.3 Å². The Morgan fingerprint density at radius 2 is 2.38 bits per heavy atom. The van der Waals surface area contributed by atoms with Gasteiger partial charge in [-0.3, -0.25) is 4.79 Å². The lowest BCUT2D eigenvalue weighted by molar-refractivity contribution is -0.115. The molecule has 4 heteroatoms. The Kier molecular flexibility index (Phi) is 3.62. The van der Waals surface area contributed by atoms with Gasteiger partial charge in [0.2, 0.25) is 0 Å². The number of Topliss-reactive ketones (excluding diaryl/α,β-unsaturated/α-hetero) is 1. The van der Waals surface area contributed by atoms with Crippen LogP contribution >= 0.6 is 28.6 Å². The SMILES string of the molecule is C/C(=C\N)C1=C(S)C(=O)CCC1Br. The fourth-order valence-electron chi connectivity index (χ4n) is 1.34. The van der Waals surface area contributed by atoms with Crippen LogP contribution in [-0.4, -0.2) is 10.6 Å². The molecule has 72 valence electrons. The van der Waals surface area contributed by atoms with E-state index in [0.717, 1.165) is 17.6 Å². The third-order valence-electron chi connectivity index (χ3n) is 2.13. The Bertz CT molecular complexity index is 296. The monoisotopic (exact) mass is 261 g/mol. The van der Waals surface area contributed by atoms with Crippen LogP contribution in [0, 0.1) is 0 Å². The highest BCUT2D eigenvalue weighted by atomic mass is 79.9. The van der Waals surface area contributed by atoms with Crippen molar-refractivity contribution in [3.63, 3.8) is 0 Å². The molecule has 0 radical (unpaired) electrons. The van der Waals surface area contributed by atoms with E-state index in [1.54, 1.807) is 0 Å². The molecule has 13 heavy (non-hydrogen) atoms. The van der Waals surface area contributed by atoms with Crippen molar-refractivity contribution in [2.75, 3.05) is 0 Å². The lowest BCUT2D eigenvalue weighted by Gasteiger charge is -2.21. The van der Waals surface area contributed by atoms with E-state index in [0.29, 0.717) is 11.3 Å². The minimum atomic E-state index is 0.107. The lowest BCUT2D eigenvalue weighted by Crippen LogP contribution is -2.18. The summed E-state index contributed by atoms with van der Waals surface area (Å²) in [6.45, 7) is 1.89. The Balaban J connectivity index is 3.13. The second-order valence-electron chi connectivity index (χ2n) is 3.04. The summed E-state index contributed by atoms with van der Waals surface area (Å²) in [7, 11) is 0. The maximum absolute atomic E-state index is 11.3. The second-order valence-corrected chi connectivity index (χ2v) is 4.59. The number of carbonyl (C=O) groups excluding carboxylic acids is 1. The average Bonchev–Trinajstić information content (AvgIpc) is 2.12. The first kappa shape index (κ1) is 10.9. The van der Waals surface area contributed by atoms with E-state index in [1.165, 1.54) is 6.20 Å². The van der Waals surface area contributed by atoms with Crippen molar-refractivity contribution in [1.29, 1.82) is 0 Å². The van der Waals surface area contributed by atoms with Crippen molar-refractivity contribution in [2.24, 2.45) is 5.73 Å². The predicted molar refractivity (Wildman–Crippen MR) is 60.9 cm³/mol. The van der Waals surface area contributed by atoms with E-state index in [1.807, 2.05) is 6.92 Å². The molecule has 0 aliphatic heterocycles. The number of rotatable bonds is 1. The fraction of sp³-hybridized carbons (Fsp3) is 0.444. The number of alkyl halides is 1. The van der Waals surface area contributed by atoms with Crippen LogP contribution in [0.25, 0.3) is 0 Å². The molecule has 0 heterocycles. The van der Waals surface area contributed by atoms with Crippen molar-refractivity contribution >= 4 is 34.3 Å². The molecule has 1 rings (SSSR count). The zero-order chi connectivity index (χ0) is 10.0. The van der Waals surface area contributed by atoms with Gasteiger partial charge in [0.25, 0.3) is 0 Å². The third-order valence-corrected chi connectivity index (χ3v) is 3.54. The summed E-state index contributed by atoms with van der Waals surface area (Å²) in [6, 6.07) is 0. The van der Waals surface area contributed by atoms with Gasteiger partial charge in [-0.2, -0.15) is 0 Å². The van der Waals surface area contributed by atoms with Gasteiger partial charge in [-0.15, -0.1) is 12.6 Å². The summed E-state index contributed by atoms with van der Waals surface area (Å²) < 4.78 is 0. The van der Waals surface area contributed by atoms with Crippen LogP contribution in [0.1, 0.15) is 19.8 Å². The summed E-state index contributed by atoms with van der Waals surface area (Å²) in [4.78, 5) is 12.1. The zero-order valence-corrected chi connectivity index (χ0v) is 9.86. The van der Waals surface area contributed by atoms with Gasteiger partial charge >= 0.3 is 0 Å². The second kappa shape index (κ2) is 4.33. The highest BCUT2D eigenvalue weighted by molar-refractivity contribution is 9.09. The Morgan fingerprint density at radius 3 is 2.92 bits per heavy atom. The average molecular weight is 262 g/mol. The van der Waals surface area contributed by atoms with Crippen molar-refractivity contribution < 1.29 is 4.79 Å². The van der Waals surface area contributed by atoms with Crippen molar-refractivity contribution in [2.45, 2.75) is 24.6 Å². The van der Waals surface area contributed by atoms with E-state index in [-0.39, 0.29) is 10.6 Å². The minimum Gasteiger partial charge on any atom is -0.404 e. The van der Waals surface area contributed by atoms with Gasteiger partial charge in [-0.05, 0) is 30.7 Å². The molecule has 0 aromatic rings. The maximum atomic E-state index is 11.3. The van der Waals surface area contributed by atoms with Crippen LogP contribution in [-0.2, 0) is 4.79 Å². The molecular formula is C9H12BrNOS. The van der Waals surface area contributed by atoms with Gasteiger partial charge in [0.05, 0.1) is 4.91 Å². The van der Waals surface area contributed by atoms with Crippen molar-refractivity contribution in [3.8, 4) is 0 Å². The number of thiol groups is 1. The Labute approximate surface area is 91.8 Å². The van der Waals surface area contributed by atoms with Crippen LogP contribution in [0.3, 0.4) is 0 Å². The summed E-state index contributed by atoms with van der Waals surface area (Å²) in [6.07, 6.45) is 2.90. The molecule has 1 unspecified atom stereocenters. The molecular weight excluding hydrogens is 250 g/mol. The summed E-state index contributed by atoms with van der Waals surface area (Å²) in [5.41, 5.74) is 7.26. The number of allylic oxidation sites excluding steroid dienone is 3. The normalized spacial score (nSPS) is 25.3. The molecule has 0 amide bonds. The maximum Gasteiger partial charge on any atom is 0.169 e. The van der Waals surface area contributed by atoms with Gasteiger partial charge in [0, 0.05) is 11.2 Å². The summed E-state index contributed by atoms with van der Waals surface area (Å²) >= 11 is 7.72. The molecule has 0 spiro atoms. The van der Waals surface area contributed by atoms with Crippen molar-refractivity contribution in [1.82, 2.24) is 0 Å². The number of nitrogens with two attached hydrogens (primary N) is 1. The molecule has 0 saturated heterocycles. The minimum absolute atomic E-state index is 0.107. The highest BCUT2D eigenvalue weighted by Crippen LogP contribution is 2.33. The first-order chi connectivity index (χ1) is 6.07. The van der Waals surface area contributed by atoms with Crippen LogP contribution in [0.2, 0.25) is 0 Å². The van der Waals surface area contributed by atoms with E-state index in [9.17, 15) is 4.79 Å². The summed E-state index contributed by atoms with van der Waals surface area (Å²) in [5.74, 6) is 0.107. The number of halogens is 1. The molecule has 0 saturated carbocycles. The molecule has 2 nitrogen and oxygen atoms in total. The molecule has 0 aromatic heterocycles. The Hall–Kier alpha value is -0.220. The first-order valence-electron chi connectivity index (χ1n) is 4.07. The fourth-order valence-corrected chi connectivity index (χ4v) is 2.78. The smallest absolute Gasteiger partial charge is 0.169 e. The van der Waals surface area contributed by atoms with Crippen LogP contribution in [0.4, 0.5) is 0 Å². The molecule has 0 fully saturated rings. The molecule has 1 atom stereocenters. The van der Waals surface area contributed by atoms with Gasteiger partial charge in [-0.25, -0.2) is 0 Å². The highest BCUT2D eigenvalue weighted by Gasteiger charge is 2.25.